The third-order valence-electron chi connectivity index (χ3n) is 4.24. The lowest BCUT2D eigenvalue weighted by molar-refractivity contribution is 0.0490. The molecule has 1 amide bonds. The molecule has 2 aliphatic rings. The zero-order chi connectivity index (χ0) is 16.0. The number of hydrogen-bond donors (Lipinski definition) is 0. The summed E-state index contributed by atoms with van der Waals surface area (Å²) in [5, 5.41) is 8.70. The summed E-state index contributed by atoms with van der Waals surface area (Å²) in [5.41, 5.74) is 6.02. The van der Waals surface area contributed by atoms with Crippen LogP contribution in [0.4, 0.5) is 9.93 Å². The van der Waals surface area contributed by atoms with Gasteiger partial charge in [0.25, 0.3) is 0 Å². The van der Waals surface area contributed by atoms with Crippen molar-refractivity contribution in [1.82, 2.24) is 20.1 Å². The lowest BCUT2D eigenvalue weighted by Gasteiger charge is -2.38. The van der Waals surface area contributed by atoms with Crippen LogP contribution in [0, 0.1) is 13.8 Å². The summed E-state index contributed by atoms with van der Waals surface area (Å²) in [5.74, 6) is 0. The first-order valence-electron chi connectivity index (χ1n) is 7.53. The first kappa shape index (κ1) is 14.4. The Morgan fingerprint density at radius 3 is 2.91 bits per heavy atom. The predicted octanol–water partition coefficient (Wildman–Crippen LogP) is 1.89. The number of nitrogens with zero attached hydrogens (tertiary/aromatic N) is 5. The molecule has 0 N–H and O–H groups in total. The van der Waals surface area contributed by atoms with Crippen molar-refractivity contribution in [3.8, 4) is 0 Å². The van der Waals surface area contributed by atoms with Crippen LogP contribution in [0.15, 0.2) is 11.6 Å². The molecule has 4 rings (SSSR count). The third kappa shape index (κ3) is 2.63. The molecular weight excluding hydrogens is 314 g/mol. The number of carbonyl (C=O) groups is 1. The second-order valence-electron chi connectivity index (χ2n) is 5.99. The van der Waals surface area contributed by atoms with Crippen LogP contribution in [0.5, 0.6) is 0 Å². The molecule has 2 aromatic rings. The molecule has 0 aliphatic carbocycles. The zero-order valence-electron chi connectivity index (χ0n) is 13.0. The van der Waals surface area contributed by atoms with Crippen molar-refractivity contribution in [2.24, 2.45) is 0 Å². The van der Waals surface area contributed by atoms with Crippen molar-refractivity contribution in [1.29, 1.82) is 0 Å². The minimum Gasteiger partial charge on any atom is -0.442 e. The van der Waals surface area contributed by atoms with Gasteiger partial charge in [-0.3, -0.25) is 9.88 Å². The molecule has 7 nitrogen and oxygen atoms in total. The Balaban J connectivity index is 1.34. The number of amides is 1. The van der Waals surface area contributed by atoms with E-state index in [4.69, 9.17) is 4.74 Å². The molecule has 0 radical (unpaired) electrons. The number of aryl methyl sites for hydroxylation is 2. The Bertz CT molecular complexity index is 743. The van der Waals surface area contributed by atoms with Gasteiger partial charge in [-0.1, -0.05) is 11.3 Å². The van der Waals surface area contributed by atoms with Gasteiger partial charge < -0.3 is 9.64 Å². The number of ether oxygens (including phenoxy) is 1. The second-order valence-corrected chi connectivity index (χ2v) is 6.81. The van der Waals surface area contributed by atoms with Crippen molar-refractivity contribution in [3.63, 3.8) is 0 Å². The van der Waals surface area contributed by atoms with Gasteiger partial charge in [0.15, 0.2) is 0 Å². The van der Waals surface area contributed by atoms with Crippen LogP contribution >= 0.6 is 11.3 Å². The average molecular weight is 331 g/mol. The van der Waals surface area contributed by atoms with Gasteiger partial charge in [0, 0.05) is 5.69 Å². The fraction of sp³-hybridized carbons (Fsp3) is 0.467. The molecule has 2 aromatic heterocycles. The van der Waals surface area contributed by atoms with Gasteiger partial charge in [-0.2, -0.15) is 0 Å². The molecular formula is C15H17N5O2S. The molecule has 8 heteroatoms. The number of aromatic nitrogens is 3. The van der Waals surface area contributed by atoms with E-state index in [1.54, 1.807) is 10.4 Å². The molecule has 23 heavy (non-hydrogen) atoms. The van der Waals surface area contributed by atoms with Crippen molar-refractivity contribution in [2.45, 2.75) is 33.0 Å². The molecule has 0 unspecified atom stereocenters. The van der Waals surface area contributed by atoms with E-state index in [0.29, 0.717) is 26.2 Å². The predicted molar refractivity (Wildman–Crippen MR) is 85.3 cm³/mol. The summed E-state index contributed by atoms with van der Waals surface area (Å²) in [6, 6.07) is 2.06. The summed E-state index contributed by atoms with van der Waals surface area (Å²) in [6.07, 6.45) is -0.340. The quantitative estimate of drug-likeness (QED) is 0.837. The molecule has 0 spiro atoms. The fourth-order valence-corrected chi connectivity index (χ4v) is 3.62. The summed E-state index contributed by atoms with van der Waals surface area (Å²) in [4.78, 5) is 20.7. The highest BCUT2D eigenvalue weighted by Crippen LogP contribution is 2.27. The molecule has 2 aliphatic heterocycles. The van der Waals surface area contributed by atoms with Crippen molar-refractivity contribution < 1.29 is 9.53 Å². The minimum atomic E-state index is -0.262. The maximum Gasteiger partial charge on any atom is 0.410 e. The van der Waals surface area contributed by atoms with Crippen LogP contribution in [-0.4, -0.2) is 45.4 Å². The van der Waals surface area contributed by atoms with Gasteiger partial charge in [0.2, 0.25) is 5.13 Å². The van der Waals surface area contributed by atoms with E-state index in [1.165, 1.54) is 16.9 Å². The number of anilines is 1. The molecule has 120 valence electrons. The topological polar surface area (TPSA) is 71.5 Å². The Morgan fingerprint density at radius 1 is 1.35 bits per heavy atom. The summed E-state index contributed by atoms with van der Waals surface area (Å²) < 4.78 is 5.57. The number of carbonyl (C=O) groups excluding carboxylic acids is 1. The Hall–Kier alpha value is -2.22. The van der Waals surface area contributed by atoms with Crippen LogP contribution < -0.4 is 4.90 Å². The van der Waals surface area contributed by atoms with E-state index < -0.39 is 0 Å². The van der Waals surface area contributed by atoms with Crippen molar-refractivity contribution >= 4 is 22.6 Å². The molecule has 4 heterocycles. The maximum absolute atomic E-state index is 12.3. The lowest BCUT2D eigenvalue weighted by Crippen LogP contribution is -2.54. The molecule has 1 saturated heterocycles. The van der Waals surface area contributed by atoms with Crippen LogP contribution in [-0.2, 0) is 17.8 Å². The molecule has 0 aromatic carbocycles. The first-order chi connectivity index (χ1) is 11.1. The van der Waals surface area contributed by atoms with Gasteiger partial charge in [-0.05, 0) is 31.0 Å². The number of rotatable bonds is 2. The highest BCUT2D eigenvalue weighted by atomic mass is 32.1. The van der Waals surface area contributed by atoms with Crippen LogP contribution in [0.2, 0.25) is 0 Å². The highest BCUT2D eigenvalue weighted by Gasteiger charge is 2.35. The monoisotopic (exact) mass is 331 g/mol. The summed E-state index contributed by atoms with van der Waals surface area (Å²) in [7, 11) is 0. The zero-order valence-corrected chi connectivity index (χ0v) is 13.8. The maximum atomic E-state index is 12.3. The van der Waals surface area contributed by atoms with E-state index >= 15 is 0 Å². The van der Waals surface area contributed by atoms with E-state index in [2.05, 4.69) is 33.1 Å². The van der Waals surface area contributed by atoms with Gasteiger partial charge >= 0.3 is 6.09 Å². The van der Waals surface area contributed by atoms with Crippen LogP contribution in [0.1, 0.15) is 22.5 Å². The standard InChI is InChI=1S/C15H17N5O2S/c1-9-3-10(2)17-13-7-20(6-12(9)13)15(21)22-11-4-19(5-11)14-18-16-8-23-14/h3,8,11H,4-7H2,1-2H3. The minimum absolute atomic E-state index is 0.0779. The van der Waals surface area contributed by atoms with E-state index in [9.17, 15) is 4.79 Å². The average Bonchev–Trinajstić information content (AvgIpc) is 3.10. The number of fused-ring (bicyclic) bond motifs is 1. The molecule has 0 bridgehead atoms. The van der Waals surface area contributed by atoms with E-state index in [0.717, 1.165) is 22.1 Å². The molecule has 0 saturated carbocycles. The second kappa shape index (κ2) is 5.45. The summed E-state index contributed by atoms with van der Waals surface area (Å²) >= 11 is 1.49. The van der Waals surface area contributed by atoms with Gasteiger partial charge in [-0.15, -0.1) is 10.2 Å². The highest BCUT2D eigenvalue weighted by molar-refractivity contribution is 7.13. The number of hydrogen-bond acceptors (Lipinski definition) is 7. The van der Waals surface area contributed by atoms with E-state index in [1.807, 2.05) is 6.92 Å². The SMILES string of the molecule is Cc1cc(C)c2c(n1)CN(C(=O)OC1CN(c3nncs3)C1)C2. The van der Waals surface area contributed by atoms with Crippen LogP contribution in [0.25, 0.3) is 0 Å². The van der Waals surface area contributed by atoms with Crippen molar-refractivity contribution in [2.75, 3.05) is 18.0 Å². The van der Waals surface area contributed by atoms with Gasteiger partial charge in [0.1, 0.15) is 11.6 Å². The molecule has 1 fully saturated rings. The smallest absolute Gasteiger partial charge is 0.410 e. The Morgan fingerprint density at radius 2 is 2.17 bits per heavy atom. The third-order valence-corrected chi connectivity index (χ3v) is 4.99. The Labute approximate surface area is 137 Å². The number of pyridine rings is 1. The Kier molecular flexibility index (Phi) is 3.41. The van der Waals surface area contributed by atoms with Gasteiger partial charge in [-0.25, -0.2) is 4.79 Å². The largest absolute Gasteiger partial charge is 0.442 e. The summed E-state index contributed by atoms with van der Waals surface area (Å²) in [6.45, 7) is 6.51. The lowest BCUT2D eigenvalue weighted by atomic mass is 10.1. The fourth-order valence-electron chi connectivity index (χ4n) is 3.04. The molecule has 0 atom stereocenters. The van der Waals surface area contributed by atoms with Gasteiger partial charge in [0.05, 0.1) is 31.9 Å². The normalized spacial score (nSPS) is 17.1. The van der Waals surface area contributed by atoms with Crippen molar-refractivity contribution in [3.05, 3.63) is 34.1 Å². The van der Waals surface area contributed by atoms with Crippen LogP contribution in [0.3, 0.4) is 0 Å². The first-order valence-corrected chi connectivity index (χ1v) is 8.41. The van der Waals surface area contributed by atoms with E-state index in [-0.39, 0.29) is 12.2 Å².